The second kappa shape index (κ2) is 4.99. The van der Waals surface area contributed by atoms with E-state index in [0.717, 1.165) is 18.8 Å². The van der Waals surface area contributed by atoms with Gasteiger partial charge in [-0.15, -0.1) is 0 Å². The highest BCUT2D eigenvalue weighted by molar-refractivity contribution is 5.74. The molecule has 80 valence electrons. The third kappa shape index (κ3) is 2.21. The van der Waals surface area contributed by atoms with Gasteiger partial charge in [-0.2, -0.15) is 0 Å². The van der Waals surface area contributed by atoms with Gasteiger partial charge >= 0.3 is 5.69 Å². The molecule has 1 fully saturated rings. The standard InChI is InChI=1S/C11H14N3.ClH/c1-9-5-4-6-10(13-12)11(9)14-7-2-3-8-14;/h4-6H,2-3,7-8H2,1H3;1H/q+1;/p-1. The minimum atomic E-state index is 0. The van der Waals surface area contributed by atoms with Crippen LogP contribution in [0.5, 0.6) is 0 Å². The number of para-hydroxylation sites is 1. The van der Waals surface area contributed by atoms with Crippen molar-refractivity contribution in [3.8, 4) is 0 Å². The number of aryl methyl sites for hydroxylation is 1. The van der Waals surface area contributed by atoms with Crippen LogP contribution in [-0.4, -0.2) is 13.1 Å². The van der Waals surface area contributed by atoms with E-state index in [2.05, 4.69) is 22.9 Å². The molecule has 0 bridgehead atoms. The second-order valence-corrected chi connectivity index (χ2v) is 3.74. The number of hydrogen-bond acceptors (Lipinski definition) is 2. The Morgan fingerprint density at radius 3 is 2.53 bits per heavy atom. The van der Waals surface area contributed by atoms with E-state index in [1.54, 1.807) is 0 Å². The van der Waals surface area contributed by atoms with Crippen LogP contribution in [0.1, 0.15) is 18.4 Å². The molecule has 0 spiro atoms. The summed E-state index contributed by atoms with van der Waals surface area (Å²) >= 11 is 0. The summed E-state index contributed by atoms with van der Waals surface area (Å²) in [5.74, 6) is 0. The van der Waals surface area contributed by atoms with Gasteiger partial charge in [0, 0.05) is 19.2 Å². The Bertz CT molecular complexity index is 378. The lowest BCUT2D eigenvalue weighted by atomic mass is 10.1. The van der Waals surface area contributed by atoms with Crippen molar-refractivity contribution in [2.45, 2.75) is 19.8 Å². The number of rotatable bonds is 1. The Hall–Kier alpha value is -1.27. The average Bonchev–Trinajstić information content (AvgIpc) is 2.70. The van der Waals surface area contributed by atoms with Gasteiger partial charge in [-0.1, -0.05) is 12.1 Å². The lowest BCUT2D eigenvalue weighted by Gasteiger charge is -2.17. The molecule has 2 rings (SSSR count). The highest BCUT2D eigenvalue weighted by atomic mass is 35.5. The predicted molar refractivity (Wildman–Crippen MR) is 57.4 cm³/mol. The zero-order valence-corrected chi connectivity index (χ0v) is 9.54. The van der Waals surface area contributed by atoms with Crippen molar-refractivity contribution in [3.05, 3.63) is 28.7 Å². The van der Waals surface area contributed by atoms with E-state index in [4.69, 9.17) is 5.39 Å². The molecule has 0 atom stereocenters. The van der Waals surface area contributed by atoms with Gasteiger partial charge < -0.3 is 17.3 Å². The molecule has 0 aliphatic carbocycles. The molecule has 0 aromatic heterocycles. The molecule has 1 heterocycles. The molecule has 0 radical (unpaired) electrons. The lowest BCUT2D eigenvalue weighted by molar-refractivity contribution is -0.00000312. The molecule has 1 aliphatic heterocycles. The Labute approximate surface area is 96.1 Å². The summed E-state index contributed by atoms with van der Waals surface area (Å²) in [5.41, 5.74) is 2.96. The zero-order chi connectivity index (χ0) is 9.97. The quantitative estimate of drug-likeness (QED) is 0.632. The molecule has 0 saturated carbocycles. The van der Waals surface area contributed by atoms with Gasteiger partial charge in [0.15, 0.2) is 4.98 Å². The molecule has 0 amide bonds. The van der Waals surface area contributed by atoms with Crippen LogP contribution in [0.3, 0.4) is 0 Å². The Morgan fingerprint density at radius 1 is 1.27 bits per heavy atom. The van der Waals surface area contributed by atoms with Crippen molar-refractivity contribution in [3.63, 3.8) is 0 Å². The maximum absolute atomic E-state index is 8.90. The summed E-state index contributed by atoms with van der Waals surface area (Å²) in [7, 11) is 0. The fourth-order valence-corrected chi connectivity index (χ4v) is 2.08. The van der Waals surface area contributed by atoms with Crippen LogP contribution >= 0.6 is 0 Å². The first kappa shape index (κ1) is 11.8. The molecule has 1 saturated heterocycles. The SMILES string of the molecule is Cc1cccc([N+]#N)c1N1CCCC1.[Cl-]. The van der Waals surface area contributed by atoms with Crippen LogP contribution in [0.15, 0.2) is 18.2 Å². The summed E-state index contributed by atoms with van der Waals surface area (Å²) in [6.45, 7) is 4.21. The first-order valence-corrected chi connectivity index (χ1v) is 5.02. The number of hydrogen-bond donors (Lipinski definition) is 0. The van der Waals surface area contributed by atoms with Crippen LogP contribution in [0, 0.1) is 12.3 Å². The van der Waals surface area contributed by atoms with E-state index in [9.17, 15) is 0 Å². The monoisotopic (exact) mass is 223 g/mol. The highest BCUT2D eigenvalue weighted by Gasteiger charge is 2.23. The van der Waals surface area contributed by atoms with Crippen LogP contribution < -0.4 is 17.3 Å². The molecule has 1 aliphatic rings. The van der Waals surface area contributed by atoms with Crippen molar-refractivity contribution in [2.24, 2.45) is 0 Å². The van der Waals surface area contributed by atoms with E-state index >= 15 is 0 Å². The largest absolute Gasteiger partial charge is 1.00 e. The molecular weight excluding hydrogens is 210 g/mol. The van der Waals surface area contributed by atoms with Crippen molar-refractivity contribution in [1.82, 2.24) is 0 Å². The molecule has 1 aromatic carbocycles. The minimum Gasteiger partial charge on any atom is -1.00 e. The van der Waals surface area contributed by atoms with Gasteiger partial charge in [0.05, 0.1) is 0 Å². The lowest BCUT2D eigenvalue weighted by Crippen LogP contribution is -3.00. The van der Waals surface area contributed by atoms with Gasteiger partial charge in [0.2, 0.25) is 5.39 Å². The van der Waals surface area contributed by atoms with Gasteiger partial charge in [0.1, 0.15) is 5.69 Å². The van der Waals surface area contributed by atoms with Crippen LogP contribution in [0.2, 0.25) is 0 Å². The van der Waals surface area contributed by atoms with Gasteiger partial charge in [-0.05, 0) is 25.3 Å². The molecule has 15 heavy (non-hydrogen) atoms. The summed E-state index contributed by atoms with van der Waals surface area (Å²) in [5, 5.41) is 8.90. The Balaban J connectivity index is 0.00000112. The van der Waals surface area contributed by atoms with Gasteiger partial charge in [0.25, 0.3) is 0 Å². The van der Waals surface area contributed by atoms with Gasteiger partial charge in [-0.25, -0.2) is 0 Å². The normalized spacial score (nSPS) is 14.5. The highest BCUT2D eigenvalue weighted by Crippen LogP contribution is 2.34. The topological polar surface area (TPSA) is 31.4 Å². The number of benzene rings is 1. The minimum absolute atomic E-state index is 0. The second-order valence-electron chi connectivity index (χ2n) is 3.74. The Kier molecular flexibility index (Phi) is 3.93. The summed E-state index contributed by atoms with van der Waals surface area (Å²) in [6.07, 6.45) is 2.47. The maximum atomic E-state index is 8.90. The zero-order valence-electron chi connectivity index (χ0n) is 8.78. The molecule has 0 N–H and O–H groups in total. The van der Waals surface area contributed by atoms with Crippen molar-refractivity contribution in [2.75, 3.05) is 18.0 Å². The molecule has 1 aromatic rings. The number of nitrogens with zero attached hydrogens (tertiary/aromatic N) is 3. The maximum Gasteiger partial charge on any atom is 0.408 e. The van der Waals surface area contributed by atoms with E-state index in [-0.39, 0.29) is 12.4 Å². The Morgan fingerprint density at radius 2 is 1.93 bits per heavy atom. The van der Waals surface area contributed by atoms with Crippen LogP contribution in [0.4, 0.5) is 11.4 Å². The molecule has 0 unspecified atom stereocenters. The first-order chi connectivity index (χ1) is 6.83. The third-order valence-corrected chi connectivity index (χ3v) is 2.75. The first-order valence-electron chi connectivity index (χ1n) is 5.02. The number of anilines is 1. The van der Waals surface area contributed by atoms with E-state index < -0.39 is 0 Å². The van der Waals surface area contributed by atoms with E-state index in [1.807, 2.05) is 12.1 Å². The smallest absolute Gasteiger partial charge is 0.408 e. The van der Waals surface area contributed by atoms with Crippen molar-refractivity contribution >= 4 is 11.4 Å². The summed E-state index contributed by atoms with van der Waals surface area (Å²) < 4.78 is 0. The molecule has 3 nitrogen and oxygen atoms in total. The fraction of sp³-hybridized carbons (Fsp3) is 0.455. The van der Waals surface area contributed by atoms with Crippen molar-refractivity contribution < 1.29 is 12.4 Å². The number of diazo groups is 1. The molecule has 4 heteroatoms. The molecular formula is C11H14ClN3. The summed E-state index contributed by atoms with van der Waals surface area (Å²) in [4.78, 5) is 5.63. The fourth-order valence-electron chi connectivity index (χ4n) is 2.08. The van der Waals surface area contributed by atoms with Crippen LogP contribution in [0.25, 0.3) is 4.98 Å². The van der Waals surface area contributed by atoms with Gasteiger partial charge in [-0.3, -0.25) is 0 Å². The van der Waals surface area contributed by atoms with E-state index in [1.165, 1.54) is 18.4 Å². The number of halogens is 1. The summed E-state index contributed by atoms with van der Waals surface area (Å²) in [6, 6.07) is 5.83. The third-order valence-electron chi connectivity index (χ3n) is 2.75. The predicted octanol–water partition coefficient (Wildman–Crippen LogP) is 0.0838. The van der Waals surface area contributed by atoms with Crippen molar-refractivity contribution in [1.29, 1.82) is 5.39 Å². The van der Waals surface area contributed by atoms with Crippen LogP contribution in [-0.2, 0) is 0 Å². The average molecular weight is 224 g/mol. The van der Waals surface area contributed by atoms with E-state index in [0.29, 0.717) is 5.69 Å².